The molecule has 3 atom stereocenters. The Kier molecular flexibility index (Phi) is 9.38. The maximum absolute atomic E-state index is 14.0. The number of anilines is 1. The van der Waals surface area contributed by atoms with Crippen LogP contribution in [-0.4, -0.2) is 54.0 Å². The van der Waals surface area contributed by atoms with Crippen molar-refractivity contribution in [2.45, 2.75) is 83.6 Å². The van der Waals surface area contributed by atoms with Crippen molar-refractivity contribution < 1.29 is 23.5 Å². The molecule has 2 aliphatic carbocycles. The number of nitrogens with one attached hydrogen (secondary N) is 1. The van der Waals surface area contributed by atoms with Gasteiger partial charge in [0.25, 0.3) is 0 Å². The van der Waals surface area contributed by atoms with Gasteiger partial charge in [0.2, 0.25) is 5.91 Å². The van der Waals surface area contributed by atoms with Crippen LogP contribution in [-0.2, 0) is 20.7 Å². The molecule has 0 spiro atoms. The predicted molar refractivity (Wildman–Crippen MR) is 155 cm³/mol. The zero-order chi connectivity index (χ0) is 28.2. The summed E-state index contributed by atoms with van der Waals surface area (Å²) in [5.74, 6) is 1.33. The molecule has 2 aromatic rings. The number of Topliss-reactive ketones (excluding diaryl/α,β-unsaturated/α-hetero) is 1. The number of ether oxygens (including phenoxy) is 1. The van der Waals surface area contributed by atoms with E-state index in [-0.39, 0.29) is 48.6 Å². The number of likely N-dealkylation sites (tertiary alicyclic amines) is 1. The third kappa shape index (κ3) is 6.34. The van der Waals surface area contributed by atoms with E-state index < -0.39 is 6.09 Å². The van der Waals surface area contributed by atoms with Crippen LogP contribution in [0.4, 0.5) is 14.3 Å². The first-order valence-corrected chi connectivity index (χ1v) is 15.8. The second kappa shape index (κ2) is 13.0. The quantitative estimate of drug-likeness (QED) is 0.377. The van der Waals surface area contributed by atoms with E-state index in [0.29, 0.717) is 23.5 Å². The van der Waals surface area contributed by atoms with Crippen molar-refractivity contribution in [2.24, 2.45) is 29.6 Å². The second-order valence-corrected chi connectivity index (χ2v) is 13.2. The highest BCUT2D eigenvalue weighted by atomic mass is 32.1. The number of alkyl halides is 1. The van der Waals surface area contributed by atoms with E-state index >= 15 is 0 Å². The van der Waals surface area contributed by atoms with E-state index in [0.717, 1.165) is 60.7 Å². The molecule has 2 saturated carbocycles. The third-order valence-corrected chi connectivity index (χ3v) is 10.6. The molecule has 0 radical (unpaired) electrons. The zero-order valence-corrected chi connectivity index (χ0v) is 24.5. The van der Waals surface area contributed by atoms with Gasteiger partial charge in [-0.25, -0.2) is 9.78 Å². The summed E-state index contributed by atoms with van der Waals surface area (Å²) in [6.07, 6.45) is 9.93. The first kappa shape index (κ1) is 29.0. The summed E-state index contributed by atoms with van der Waals surface area (Å²) in [7, 11) is 1.31. The summed E-state index contributed by atoms with van der Waals surface area (Å²) in [5, 5.41) is 3.06. The molecule has 2 heterocycles. The molecule has 5 rings (SSSR count). The van der Waals surface area contributed by atoms with Crippen LogP contribution < -0.4 is 5.32 Å². The number of aromatic nitrogens is 1. The van der Waals surface area contributed by atoms with Crippen molar-refractivity contribution in [1.82, 2.24) is 9.88 Å². The minimum absolute atomic E-state index is 0.0519. The largest absolute Gasteiger partial charge is 0.453 e. The van der Waals surface area contributed by atoms with Crippen LogP contribution in [0, 0.1) is 29.6 Å². The molecule has 40 heavy (non-hydrogen) atoms. The van der Waals surface area contributed by atoms with Crippen molar-refractivity contribution in [3.63, 3.8) is 0 Å². The Hall–Kier alpha value is -2.55. The number of halogens is 1. The summed E-state index contributed by atoms with van der Waals surface area (Å²) in [6.45, 7) is 2.33. The number of hydrogen-bond acceptors (Lipinski definition) is 6. The normalized spacial score (nSPS) is 26.5. The van der Waals surface area contributed by atoms with Crippen molar-refractivity contribution in [3.8, 4) is 0 Å². The number of benzene rings is 1. The lowest BCUT2D eigenvalue weighted by Crippen LogP contribution is -2.48. The van der Waals surface area contributed by atoms with Crippen molar-refractivity contribution in [2.75, 3.05) is 25.6 Å². The first-order chi connectivity index (χ1) is 19.4. The number of amides is 2. The van der Waals surface area contributed by atoms with Gasteiger partial charge in [0.05, 0.1) is 30.0 Å². The lowest BCUT2D eigenvalue weighted by atomic mass is 9.74. The number of hydrogen-bond donors (Lipinski definition) is 1. The van der Waals surface area contributed by atoms with Crippen molar-refractivity contribution in [1.29, 1.82) is 0 Å². The monoisotopic (exact) mass is 571 g/mol. The predicted octanol–water partition coefficient (Wildman–Crippen LogP) is 6.80. The van der Waals surface area contributed by atoms with Gasteiger partial charge in [0, 0.05) is 18.9 Å². The molecule has 1 N–H and O–H groups in total. The Balaban J connectivity index is 1.32. The minimum Gasteiger partial charge on any atom is -0.453 e. The molecule has 2 amide bonds. The zero-order valence-electron chi connectivity index (χ0n) is 23.7. The lowest BCUT2D eigenvalue weighted by molar-refractivity contribution is -0.143. The molecule has 1 aliphatic heterocycles. The van der Waals surface area contributed by atoms with Crippen LogP contribution >= 0.6 is 11.3 Å². The summed E-state index contributed by atoms with van der Waals surface area (Å²) < 4.78 is 18.8. The van der Waals surface area contributed by atoms with Crippen LogP contribution in [0.1, 0.15) is 76.7 Å². The maximum atomic E-state index is 14.0. The molecule has 7 nitrogen and oxygen atoms in total. The number of fused-ring (bicyclic) bond motifs is 1. The molecular weight excluding hydrogens is 529 g/mol. The second-order valence-electron chi connectivity index (χ2n) is 12.2. The maximum Gasteiger partial charge on any atom is 0.413 e. The SMILES string of the molecule is COC(=O)Nc1nc2ccc(CC(=O)[C@@H]3[C@H](C4CCCCC4)CCN3C(=O)C3CCC([C@H](C)CF)CC3)cc2s1. The van der Waals surface area contributed by atoms with Gasteiger partial charge >= 0.3 is 6.09 Å². The minimum atomic E-state index is -0.570. The molecule has 0 bridgehead atoms. The molecule has 218 valence electrons. The molecular formula is C31H42FN3O4S. The Morgan fingerprint density at radius 3 is 2.55 bits per heavy atom. The Morgan fingerprint density at radius 2 is 1.85 bits per heavy atom. The molecule has 1 aromatic carbocycles. The number of rotatable bonds is 8. The number of nitrogens with zero attached hydrogens (tertiary/aromatic N) is 2. The highest BCUT2D eigenvalue weighted by Gasteiger charge is 2.46. The van der Waals surface area contributed by atoms with Gasteiger partial charge in [-0.05, 0) is 73.5 Å². The lowest BCUT2D eigenvalue weighted by Gasteiger charge is -2.37. The number of methoxy groups -OCH3 is 1. The standard InChI is InChI=1S/C31H42FN3O4S/c1-19(18-32)21-9-11-23(12-10-21)29(37)35-15-14-24(22-6-4-3-5-7-22)28(35)26(36)16-20-8-13-25-27(17-20)40-30(33-25)34-31(38)39-2/h8,13,17,19,21-24,28H,3-7,9-12,14-16,18H2,1-2H3,(H,33,34,38)/t19-,21?,23?,24+,28+/m1/s1. The topological polar surface area (TPSA) is 88.6 Å². The highest BCUT2D eigenvalue weighted by molar-refractivity contribution is 7.22. The van der Waals surface area contributed by atoms with Gasteiger partial charge in [0.1, 0.15) is 0 Å². The Labute approximate surface area is 240 Å². The van der Waals surface area contributed by atoms with Crippen LogP contribution in [0.5, 0.6) is 0 Å². The smallest absolute Gasteiger partial charge is 0.413 e. The van der Waals surface area contributed by atoms with E-state index in [9.17, 15) is 18.8 Å². The van der Waals surface area contributed by atoms with Gasteiger partial charge in [0.15, 0.2) is 10.9 Å². The van der Waals surface area contributed by atoms with Gasteiger partial charge in [-0.3, -0.25) is 19.3 Å². The van der Waals surface area contributed by atoms with E-state index in [2.05, 4.69) is 15.0 Å². The number of carbonyl (C=O) groups is 3. The fourth-order valence-corrected chi connectivity index (χ4v) is 8.32. The Bertz CT molecular complexity index is 1200. The van der Waals surface area contributed by atoms with Crippen molar-refractivity contribution >= 4 is 44.5 Å². The van der Waals surface area contributed by atoms with Crippen molar-refractivity contribution in [3.05, 3.63) is 23.8 Å². The van der Waals surface area contributed by atoms with Crippen LogP contribution in [0.15, 0.2) is 18.2 Å². The molecule has 1 aromatic heterocycles. The summed E-state index contributed by atoms with van der Waals surface area (Å²) in [6, 6.07) is 5.40. The summed E-state index contributed by atoms with van der Waals surface area (Å²) >= 11 is 1.34. The van der Waals surface area contributed by atoms with E-state index in [1.54, 1.807) is 0 Å². The molecule has 0 unspecified atom stereocenters. The fraction of sp³-hybridized carbons (Fsp3) is 0.677. The molecule has 3 fully saturated rings. The average molecular weight is 572 g/mol. The summed E-state index contributed by atoms with van der Waals surface area (Å²) in [5.41, 5.74) is 1.65. The van der Waals surface area contributed by atoms with Crippen LogP contribution in [0.3, 0.4) is 0 Å². The van der Waals surface area contributed by atoms with E-state index in [1.165, 1.54) is 37.7 Å². The van der Waals surface area contributed by atoms with Gasteiger partial charge in [-0.15, -0.1) is 0 Å². The molecule has 9 heteroatoms. The fourth-order valence-electron chi connectivity index (χ4n) is 7.40. The van der Waals surface area contributed by atoms with Gasteiger partial charge < -0.3 is 9.64 Å². The van der Waals surface area contributed by atoms with E-state index in [4.69, 9.17) is 0 Å². The number of carbonyl (C=O) groups excluding carboxylic acids is 3. The van der Waals surface area contributed by atoms with Crippen LogP contribution in [0.25, 0.3) is 10.2 Å². The first-order valence-electron chi connectivity index (χ1n) is 15.0. The number of thiazole rings is 1. The van der Waals surface area contributed by atoms with Gasteiger partial charge in [-0.1, -0.05) is 56.4 Å². The van der Waals surface area contributed by atoms with Gasteiger partial charge in [-0.2, -0.15) is 0 Å². The summed E-state index contributed by atoms with van der Waals surface area (Å²) in [4.78, 5) is 45.9. The average Bonchev–Trinajstić information content (AvgIpc) is 3.61. The van der Waals surface area contributed by atoms with E-state index in [1.807, 2.05) is 30.0 Å². The Morgan fingerprint density at radius 1 is 1.10 bits per heavy atom. The van der Waals surface area contributed by atoms with Crippen LogP contribution in [0.2, 0.25) is 0 Å². The molecule has 3 aliphatic rings. The number of ketones is 1. The third-order valence-electron chi connectivity index (χ3n) is 9.71. The highest BCUT2D eigenvalue weighted by Crippen LogP contribution is 2.42. The molecule has 1 saturated heterocycles.